The van der Waals surface area contributed by atoms with E-state index in [2.05, 4.69) is 22.0 Å². The molecule has 1 aliphatic heterocycles. The molecule has 2 fully saturated rings. The van der Waals surface area contributed by atoms with Gasteiger partial charge in [-0.1, -0.05) is 25.0 Å². The minimum Gasteiger partial charge on any atom is -0.310 e. The molecule has 1 aliphatic carbocycles. The second-order valence-corrected chi connectivity index (χ2v) is 9.04. The average molecular weight is 352 g/mol. The lowest BCUT2D eigenvalue weighted by atomic mass is 10.1. The van der Waals surface area contributed by atoms with Crippen LogP contribution in [-0.4, -0.2) is 46.0 Å². The van der Waals surface area contributed by atoms with Crippen LogP contribution >= 0.6 is 0 Å². The minimum atomic E-state index is -3.40. The van der Waals surface area contributed by atoms with E-state index in [0.717, 1.165) is 31.6 Å². The van der Waals surface area contributed by atoms with Crippen molar-refractivity contribution < 1.29 is 8.42 Å². The number of rotatable bonds is 7. The summed E-state index contributed by atoms with van der Waals surface area (Å²) in [7, 11) is -1.33. The Morgan fingerprint density at radius 1 is 1.12 bits per heavy atom. The van der Waals surface area contributed by atoms with Gasteiger partial charge >= 0.3 is 0 Å². The zero-order valence-electron chi connectivity index (χ0n) is 14.5. The number of hydrogen-bond donors (Lipinski definition) is 2. The van der Waals surface area contributed by atoms with E-state index in [1.807, 2.05) is 12.1 Å². The summed E-state index contributed by atoms with van der Waals surface area (Å²) in [5.41, 5.74) is 1.14. The number of nitrogens with one attached hydrogen (secondary N) is 2. The van der Waals surface area contributed by atoms with Gasteiger partial charge in [-0.2, -0.15) is 0 Å². The summed E-state index contributed by atoms with van der Waals surface area (Å²) in [6.45, 7) is 3.36. The van der Waals surface area contributed by atoms with Crippen LogP contribution in [0.15, 0.2) is 29.2 Å². The van der Waals surface area contributed by atoms with Crippen molar-refractivity contribution in [2.45, 2.75) is 49.6 Å². The topological polar surface area (TPSA) is 61.4 Å². The van der Waals surface area contributed by atoms with Crippen LogP contribution in [0.3, 0.4) is 0 Å². The van der Waals surface area contributed by atoms with Gasteiger partial charge in [0.2, 0.25) is 10.0 Å². The van der Waals surface area contributed by atoms with E-state index >= 15 is 0 Å². The highest BCUT2D eigenvalue weighted by Crippen LogP contribution is 2.19. The van der Waals surface area contributed by atoms with Crippen molar-refractivity contribution in [2.75, 3.05) is 26.7 Å². The van der Waals surface area contributed by atoms with E-state index in [1.54, 1.807) is 12.1 Å². The highest BCUT2D eigenvalue weighted by atomic mass is 32.2. The molecule has 0 spiro atoms. The zero-order chi connectivity index (χ0) is 17.0. The van der Waals surface area contributed by atoms with Crippen molar-refractivity contribution in [3.05, 3.63) is 29.8 Å². The first-order valence-corrected chi connectivity index (χ1v) is 10.5. The Kier molecular flexibility index (Phi) is 5.92. The quantitative estimate of drug-likeness (QED) is 0.788. The van der Waals surface area contributed by atoms with Crippen molar-refractivity contribution in [1.82, 2.24) is 14.9 Å². The van der Waals surface area contributed by atoms with Gasteiger partial charge in [0, 0.05) is 25.7 Å². The monoisotopic (exact) mass is 351 g/mol. The molecule has 0 amide bonds. The smallest absolute Gasteiger partial charge is 0.240 e. The fourth-order valence-electron chi connectivity index (χ4n) is 3.68. The molecule has 2 N–H and O–H groups in total. The van der Waals surface area contributed by atoms with E-state index in [0.29, 0.717) is 23.4 Å². The molecule has 3 rings (SSSR count). The summed E-state index contributed by atoms with van der Waals surface area (Å²) in [5, 5.41) is 3.55. The number of nitrogens with zero attached hydrogens (tertiary/aromatic N) is 1. The molecule has 1 unspecified atom stereocenters. The molecule has 1 aromatic carbocycles. The molecule has 1 heterocycles. The van der Waals surface area contributed by atoms with Crippen LogP contribution in [0, 0.1) is 5.92 Å². The highest BCUT2D eigenvalue weighted by Gasteiger charge is 2.22. The van der Waals surface area contributed by atoms with E-state index in [-0.39, 0.29) is 0 Å². The third-order valence-electron chi connectivity index (χ3n) is 5.23. The van der Waals surface area contributed by atoms with Gasteiger partial charge in [0.25, 0.3) is 0 Å². The Labute approximate surface area is 145 Å². The fraction of sp³-hybridized carbons (Fsp3) is 0.667. The van der Waals surface area contributed by atoms with Crippen molar-refractivity contribution in [2.24, 2.45) is 5.92 Å². The number of likely N-dealkylation sites (tertiary alicyclic amines) is 1. The van der Waals surface area contributed by atoms with Crippen molar-refractivity contribution in [3.8, 4) is 0 Å². The van der Waals surface area contributed by atoms with Gasteiger partial charge in [-0.25, -0.2) is 13.1 Å². The molecule has 0 radical (unpaired) electrons. The van der Waals surface area contributed by atoms with Crippen molar-refractivity contribution in [1.29, 1.82) is 0 Å². The van der Waals surface area contributed by atoms with Gasteiger partial charge in [0.1, 0.15) is 0 Å². The summed E-state index contributed by atoms with van der Waals surface area (Å²) in [6, 6.07) is 7.89. The molecule has 1 atom stereocenters. The molecule has 1 saturated carbocycles. The van der Waals surface area contributed by atoms with Gasteiger partial charge in [0.15, 0.2) is 0 Å². The van der Waals surface area contributed by atoms with Crippen LogP contribution in [0.4, 0.5) is 0 Å². The second-order valence-electron chi connectivity index (χ2n) is 7.28. The first-order chi connectivity index (χ1) is 11.5. The van der Waals surface area contributed by atoms with Crippen LogP contribution in [-0.2, 0) is 16.6 Å². The Bertz CT molecular complexity index is 624. The van der Waals surface area contributed by atoms with Gasteiger partial charge in [-0.3, -0.25) is 0 Å². The molecular weight excluding hydrogens is 322 g/mol. The first kappa shape index (κ1) is 17.9. The second kappa shape index (κ2) is 7.95. The first-order valence-electron chi connectivity index (χ1n) is 9.03. The van der Waals surface area contributed by atoms with E-state index in [4.69, 9.17) is 0 Å². The Morgan fingerprint density at radius 2 is 1.83 bits per heavy atom. The molecular formula is C18H29N3O2S. The van der Waals surface area contributed by atoms with Gasteiger partial charge < -0.3 is 10.2 Å². The minimum absolute atomic E-state index is 0.360. The largest absolute Gasteiger partial charge is 0.310 e. The zero-order valence-corrected chi connectivity index (χ0v) is 15.3. The number of sulfonamides is 1. The summed E-state index contributed by atoms with van der Waals surface area (Å²) < 4.78 is 27.6. The maximum Gasteiger partial charge on any atom is 0.240 e. The van der Waals surface area contributed by atoms with E-state index in [1.165, 1.54) is 25.7 Å². The van der Waals surface area contributed by atoms with Crippen LogP contribution in [0.1, 0.15) is 37.7 Å². The average Bonchev–Trinajstić information content (AvgIpc) is 3.23. The SMILES string of the molecule is CN1CCC(CNS(=O)(=O)c2ccc(CNC3CCCC3)cc2)C1. The lowest BCUT2D eigenvalue weighted by Gasteiger charge is -2.13. The molecule has 2 aliphatic rings. The molecule has 5 nitrogen and oxygen atoms in total. The van der Waals surface area contributed by atoms with Gasteiger partial charge in [0.05, 0.1) is 4.90 Å². The molecule has 24 heavy (non-hydrogen) atoms. The standard InChI is InChI=1S/C18H29N3O2S/c1-21-11-10-16(14-21)13-20-24(22,23)18-8-6-15(7-9-18)12-19-17-4-2-3-5-17/h6-9,16-17,19-20H,2-5,10-14H2,1H3. The lowest BCUT2D eigenvalue weighted by molar-refractivity contribution is 0.394. The molecule has 0 aromatic heterocycles. The number of hydrogen-bond acceptors (Lipinski definition) is 4. The number of benzene rings is 1. The summed E-state index contributed by atoms with van der Waals surface area (Å²) >= 11 is 0. The maximum atomic E-state index is 12.4. The molecule has 1 aromatic rings. The molecule has 1 saturated heterocycles. The summed E-state index contributed by atoms with van der Waals surface area (Å²) in [5.74, 6) is 0.416. The Morgan fingerprint density at radius 3 is 2.46 bits per heavy atom. The third-order valence-corrected chi connectivity index (χ3v) is 6.67. The summed E-state index contributed by atoms with van der Waals surface area (Å²) in [4.78, 5) is 2.60. The van der Waals surface area contributed by atoms with E-state index < -0.39 is 10.0 Å². The highest BCUT2D eigenvalue weighted by molar-refractivity contribution is 7.89. The van der Waals surface area contributed by atoms with Crippen molar-refractivity contribution >= 4 is 10.0 Å². The summed E-state index contributed by atoms with van der Waals surface area (Å²) in [6.07, 6.45) is 6.21. The lowest BCUT2D eigenvalue weighted by Crippen LogP contribution is -2.30. The van der Waals surface area contributed by atoms with Crippen LogP contribution in [0.2, 0.25) is 0 Å². The predicted molar refractivity (Wildman–Crippen MR) is 96.3 cm³/mol. The molecule has 0 bridgehead atoms. The van der Waals surface area contributed by atoms with Crippen LogP contribution in [0.25, 0.3) is 0 Å². The van der Waals surface area contributed by atoms with E-state index in [9.17, 15) is 8.42 Å². The Hall–Kier alpha value is -0.950. The van der Waals surface area contributed by atoms with Gasteiger partial charge in [-0.15, -0.1) is 0 Å². The van der Waals surface area contributed by atoms with Crippen LogP contribution in [0.5, 0.6) is 0 Å². The predicted octanol–water partition coefficient (Wildman–Crippen LogP) is 1.95. The fourth-order valence-corrected chi connectivity index (χ4v) is 4.80. The molecule has 6 heteroatoms. The van der Waals surface area contributed by atoms with Crippen molar-refractivity contribution in [3.63, 3.8) is 0 Å². The Balaban J connectivity index is 1.51. The normalized spacial score (nSPS) is 23.1. The third kappa shape index (κ3) is 4.79. The molecule has 134 valence electrons. The van der Waals surface area contributed by atoms with Gasteiger partial charge in [-0.05, 0) is 56.5 Å². The maximum absolute atomic E-state index is 12.4. The van der Waals surface area contributed by atoms with Crippen LogP contribution < -0.4 is 10.0 Å².